The molecule has 0 bridgehead atoms. The van der Waals surface area contributed by atoms with Gasteiger partial charge in [0.15, 0.2) is 11.5 Å². The Labute approximate surface area is 106 Å². The van der Waals surface area contributed by atoms with Gasteiger partial charge in [-0.15, -0.1) is 0 Å². The van der Waals surface area contributed by atoms with Gasteiger partial charge in [0.25, 0.3) is 0 Å². The highest BCUT2D eigenvalue weighted by Gasteiger charge is 1.97. The molecule has 18 heavy (non-hydrogen) atoms. The predicted octanol–water partition coefficient (Wildman–Crippen LogP) is 1.70. The zero-order valence-corrected chi connectivity index (χ0v) is 10.1. The van der Waals surface area contributed by atoms with Gasteiger partial charge in [-0.05, 0) is 23.3 Å². The van der Waals surface area contributed by atoms with Crippen molar-refractivity contribution in [2.75, 3.05) is 0 Å². The van der Waals surface area contributed by atoms with Crippen molar-refractivity contribution >= 4 is 0 Å². The summed E-state index contributed by atoms with van der Waals surface area (Å²) in [4.78, 5) is 0. The molecule has 0 aliphatic carbocycles. The summed E-state index contributed by atoms with van der Waals surface area (Å²) in [6.07, 6.45) is 0. The molecule has 0 heterocycles. The second kappa shape index (κ2) is 7.32. The van der Waals surface area contributed by atoms with E-state index in [1.165, 1.54) is 17.7 Å². The third-order valence-electron chi connectivity index (χ3n) is 2.35. The van der Waals surface area contributed by atoms with Crippen LogP contribution in [0.3, 0.4) is 0 Å². The van der Waals surface area contributed by atoms with E-state index in [9.17, 15) is 0 Å². The number of hydrogen-bond acceptors (Lipinski definition) is 4. The Bertz CT molecular complexity index is 472. The zero-order valence-electron chi connectivity index (χ0n) is 10.1. The average molecular weight is 246 g/mol. The summed E-state index contributed by atoms with van der Waals surface area (Å²) in [5.74, 6) is -0.236. The van der Waals surface area contributed by atoms with Crippen molar-refractivity contribution in [1.82, 2.24) is 0 Å². The second-order valence-electron chi connectivity index (χ2n) is 3.72. The third-order valence-corrected chi connectivity index (χ3v) is 2.35. The molecule has 2 aromatic carbocycles. The van der Waals surface area contributed by atoms with Crippen LogP contribution in [0.4, 0.5) is 0 Å². The lowest BCUT2D eigenvalue weighted by molar-refractivity contribution is 0.403. The van der Waals surface area contributed by atoms with Gasteiger partial charge in [-0.2, -0.15) is 0 Å². The molecule has 0 aromatic heterocycles. The van der Waals surface area contributed by atoms with Gasteiger partial charge in [0, 0.05) is 13.1 Å². The van der Waals surface area contributed by atoms with Gasteiger partial charge >= 0.3 is 0 Å². The van der Waals surface area contributed by atoms with Crippen LogP contribution < -0.4 is 11.5 Å². The Hall–Kier alpha value is -2.04. The van der Waals surface area contributed by atoms with E-state index in [0.717, 1.165) is 5.56 Å². The Kier molecular flexibility index (Phi) is 5.70. The molecule has 0 unspecified atom stereocenters. The summed E-state index contributed by atoms with van der Waals surface area (Å²) in [6.45, 7) is 1.01. The molecule has 0 amide bonds. The minimum atomic E-state index is -0.122. The number of benzene rings is 2. The van der Waals surface area contributed by atoms with Crippen LogP contribution in [-0.4, -0.2) is 10.2 Å². The lowest BCUT2D eigenvalue weighted by Crippen LogP contribution is -1.94. The summed E-state index contributed by atoms with van der Waals surface area (Å²) in [5.41, 5.74) is 12.6. The topological polar surface area (TPSA) is 92.5 Å². The van der Waals surface area contributed by atoms with Gasteiger partial charge in [0.2, 0.25) is 0 Å². The quantitative estimate of drug-likeness (QED) is 0.607. The van der Waals surface area contributed by atoms with Gasteiger partial charge in [0.1, 0.15) is 0 Å². The first-order chi connectivity index (χ1) is 8.67. The van der Waals surface area contributed by atoms with E-state index < -0.39 is 0 Å². The van der Waals surface area contributed by atoms with Gasteiger partial charge in [-0.1, -0.05) is 36.4 Å². The predicted molar refractivity (Wildman–Crippen MR) is 72.0 cm³/mol. The maximum atomic E-state index is 8.93. The summed E-state index contributed by atoms with van der Waals surface area (Å²) in [7, 11) is 0. The van der Waals surface area contributed by atoms with E-state index in [1.807, 2.05) is 30.3 Å². The molecule has 0 fully saturated rings. The zero-order chi connectivity index (χ0) is 13.4. The molecule has 0 aliphatic heterocycles. The number of phenolic OH excluding ortho intramolecular Hbond substituents is 2. The Morgan fingerprint density at radius 1 is 0.722 bits per heavy atom. The standard InChI is InChI=1S/C7H9NO2.C7H9N/c8-4-5-1-2-6(9)7(10)3-5;8-6-7-4-2-1-3-5-7/h1-3,9-10H,4,8H2;1-5H,6,8H2. The lowest BCUT2D eigenvalue weighted by atomic mass is 10.2. The Balaban J connectivity index is 0.000000184. The van der Waals surface area contributed by atoms with Crippen LogP contribution in [0.2, 0.25) is 0 Å². The Morgan fingerprint density at radius 3 is 1.78 bits per heavy atom. The number of aromatic hydroxyl groups is 2. The number of nitrogens with two attached hydrogens (primary N) is 2. The van der Waals surface area contributed by atoms with E-state index in [2.05, 4.69) is 0 Å². The molecule has 0 saturated heterocycles. The molecule has 2 rings (SSSR count). The molecule has 0 atom stereocenters. The summed E-state index contributed by atoms with van der Waals surface area (Å²) in [6, 6.07) is 14.5. The van der Waals surface area contributed by atoms with Crippen LogP contribution in [0.25, 0.3) is 0 Å². The van der Waals surface area contributed by atoms with E-state index >= 15 is 0 Å². The van der Waals surface area contributed by atoms with E-state index in [1.54, 1.807) is 6.07 Å². The molecule has 4 nitrogen and oxygen atoms in total. The van der Waals surface area contributed by atoms with Gasteiger partial charge in [0.05, 0.1) is 0 Å². The smallest absolute Gasteiger partial charge is 0.157 e. The maximum absolute atomic E-state index is 8.93. The highest BCUT2D eigenvalue weighted by atomic mass is 16.3. The molecule has 6 N–H and O–H groups in total. The first kappa shape index (κ1) is 14.0. The van der Waals surface area contributed by atoms with Gasteiger partial charge in [-0.3, -0.25) is 0 Å². The molecule has 4 heteroatoms. The first-order valence-electron chi connectivity index (χ1n) is 5.62. The highest BCUT2D eigenvalue weighted by molar-refractivity contribution is 5.40. The summed E-state index contributed by atoms with van der Waals surface area (Å²) in [5, 5.41) is 17.8. The van der Waals surface area contributed by atoms with Crippen molar-refractivity contribution < 1.29 is 10.2 Å². The van der Waals surface area contributed by atoms with Crippen molar-refractivity contribution in [2.24, 2.45) is 11.5 Å². The molecule has 0 saturated carbocycles. The van der Waals surface area contributed by atoms with Crippen molar-refractivity contribution in [3.63, 3.8) is 0 Å². The van der Waals surface area contributed by atoms with Crippen LogP contribution in [0.15, 0.2) is 48.5 Å². The lowest BCUT2D eigenvalue weighted by Gasteiger charge is -1.98. The number of rotatable bonds is 2. The fourth-order valence-electron chi connectivity index (χ4n) is 1.31. The third kappa shape index (κ3) is 4.45. The fourth-order valence-corrected chi connectivity index (χ4v) is 1.31. The molecular formula is C14H18N2O2. The maximum Gasteiger partial charge on any atom is 0.157 e. The average Bonchev–Trinajstić information content (AvgIpc) is 2.43. The molecule has 2 aromatic rings. The molecular weight excluding hydrogens is 228 g/mol. The molecule has 0 aliphatic rings. The largest absolute Gasteiger partial charge is 0.504 e. The Morgan fingerprint density at radius 2 is 1.33 bits per heavy atom. The van der Waals surface area contributed by atoms with Crippen molar-refractivity contribution in [2.45, 2.75) is 13.1 Å². The van der Waals surface area contributed by atoms with Crippen LogP contribution in [0, 0.1) is 0 Å². The van der Waals surface area contributed by atoms with Crippen molar-refractivity contribution in [3.05, 3.63) is 59.7 Å². The first-order valence-corrected chi connectivity index (χ1v) is 5.62. The van der Waals surface area contributed by atoms with Crippen LogP contribution in [-0.2, 0) is 13.1 Å². The minimum absolute atomic E-state index is 0.114. The van der Waals surface area contributed by atoms with Crippen LogP contribution in [0.1, 0.15) is 11.1 Å². The number of hydrogen-bond donors (Lipinski definition) is 4. The molecule has 0 spiro atoms. The van der Waals surface area contributed by atoms with E-state index in [4.69, 9.17) is 21.7 Å². The van der Waals surface area contributed by atoms with Crippen LogP contribution >= 0.6 is 0 Å². The van der Waals surface area contributed by atoms with E-state index in [0.29, 0.717) is 13.1 Å². The van der Waals surface area contributed by atoms with Gasteiger partial charge < -0.3 is 21.7 Å². The van der Waals surface area contributed by atoms with Crippen molar-refractivity contribution in [1.29, 1.82) is 0 Å². The minimum Gasteiger partial charge on any atom is -0.504 e. The normalized spacial score (nSPS) is 9.44. The number of phenols is 2. The summed E-state index contributed by atoms with van der Waals surface area (Å²) < 4.78 is 0. The van der Waals surface area contributed by atoms with Crippen molar-refractivity contribution in [3.8, 4) is 11.5 Å². The molecule has 96 valence electrons. The second-order valence-corrected chi connectivity index (χ2v) is 3.72. The SMILES string of the molecule is NCc1ccc(O)c(O)c1.NCc1ccccc1. The highest BCUT2D eigenvalue weighted by Crippen LogP contribution is 2.24. The summed E-state index contributed by atoms with van der Waals surface area (Å²) >= 11 is 0. The van der Waals surface area contributed by atoms with E-state index in [-0.39, 0.29) is 11.5 Å². The van der Waals surface area contributed by atoms with Gasteiger partial charge in [-0.25, -0.2) is 0 Å². The molecule has 0 radical (unpaired) electrons. The monoisotopic (exact) mass is 246 g/mol. The van der Waals surface area contributed by atoms with Crippen LogP contribution in [0.5, 0.6) is 11.5 Å². The fraction of sp³-hybridized carbons (Fsp3) is 0.143.